The molecule has 0 spiro atoms. The summed E-state index contributed by atoms with van der Waals surface area (Å²) in [5.41, 5.74) is 2.49. The van der Waals surface area contributed by atoms with Gasteiger partial charge < -0.3 is 5.11 Å². The van der Waals surface area contributed by atoms with Gasteiger partial charge in [0.25, 0.3) is 0 Å². The summed E-state index contributed by atoms with van der Waals surface area (Å²) < 4.78 is 0. The van der Waals surface area contributed by atoms with E-state index in [2.05, 4.69) is 36.1 Å². The minimum absolute atomic E-state index is 0.133. The van der Waals surface area contributed by atoms with Gasteiger partial charge in [-0.1, -0.05) is 42.7 Å². The quantitative estimate of drug-likeness (QED) is 0.896. The van der Waals surface area contributed by atoms with Crippen LogP contribution in [0.1, 0.15) is 43.2 Å². The zero-order chi connectivity index (χ0) is 14.4. The van der Waals surface area contributed by atoms with Gasteiger partial charge >= 0.3 is 5.97 Å². The first kappa shape index (κ1) is 15.0. The molecule has 1 aromatic rings. The van der Waals surface area contributed by atoms with E-state index >= 15 is 0 Å². The van der Waals surface area contributed by atoms with Gasteiger partial charge in [-0.15, -0.1) is 0 Å². The Morgan fingerprint density at radius 3 is 2.30 bits per heavy atom. The molecule has 3 nitrogen and oxygen atoms in total. The molecule has 1 fully saturated rings. The number of carboxylic acid groups (broad SMARTS) is 1. The molecule has 1 unspecified atom stereocenters. The lowest BCUT2D eigenvalue weighted by Gasteiger charge is -2.29. The molecular formula is C17H25NO2. The second-order valence-corrected chi connectivity index (χ2v) is 5.89. The highest BCUT2D eigenvalue weighted by molar-refractivity contribution is 5.67. The van der Waals surface area contributed by atoms with Crippen molar-refractivity contribution >= 4 is 5.97 Å². The Labute approximate surface area is 121 Å². The third-order valence-corrected chi connectivity index (χ3v) is 4.16. The summed E-state index contributed by atoms with van der Waals surface area (Å²) in [4.78, 5) is 13.5. The second-order valence-electron chi connectivity index (χ2n) is 5.89. The van der Waals surface area contributed by atoms with E-state index < -0.39 is 5.97 Å². The largest absolute Gasteiger partial charge is 0.481 e. The van der Waals surface area contributed by atoms with E-state index in [0.717, 1.165) is 19.5 Å². The van der Waals surface area contributed by atoms with Crippen LogP contribution < -0.4 is 0 Å². The van der Waals surface area contributed by atoms with Crippen molar-refractivity contribution in [2.75, 3.05) is 13.1 Å². The van der Waals surface area contributed by atoms with Crippen molar-refractivity contribution in [1.82, 2.24) is 4.90 Å². The van der Waals surface area contributed by atoms with Crippen molar-refractivity contribution in [3.63, 3.8) is 0 Å². The molecule has 0 amide bonds. The number of rotatable bonds is 5. The molecule has 0 radical (unpaired) electrons. The fourth-order valence-electron chi connectivity index (χ4n) is 2.99. The van der Waals surface area contributed by atoms with Crippen LogP contribution in [0.3, 0.4) is 0 Å². The standard InChI is InChI=1S/C17H25NO2/c1-14-6-8-15(9-7-14)12-16(13-17(19)20)18-10-4-2-3-5-11-18/h6-9,16H,2-5,10-13H2,1H3,(H,19,20). The summed E-state index contributed by atoms with van der Waals surface area (Å²) in [6.45, 7) is 4.17. The summed E-state index contributed by atoms with van der Waals surface area (Å²) in [6.07, 6.45) is 6.04. The normalized spacial score (nSPS) is 18.4. The highest BCUT2D eigenvalue weighted by Gasteiger charge is 2.22. The third kappa shape index (κ3) is 4.64. The molecule has 1 aliphatic heterocycles. The third-order valence-electron chi connectivity index (χ3n) is 4.16. The number of nitrogens with zero attached hydrogens (tertiary/aromatic N) is 1. The van der Waals surface area contributed by atoms with Crippen LogP contribution in [0, 0.1) is 6.92 Å². The number of hydrogen-bond acceptors (Lipinski definition) is 2. The maximum absolute atomic E-state index is 11.2. The molecule has 2 rings (SSSR count). The van der Waals surface area contributed by atoms with Crippen LogP contribution in [-0.2, 0) is 11.2 Å². The molecule has 0 aromatic heterocycles. The van der Waals surface area contributed by atoms with Crippen LogP contribution >= 0.6 is 0 Å². The number of likely N-dealkylation sites (tertiary alicyclic amines) is 1. The molecule has 1 heterocycles. The van der Waals surface area contributed by atoms with Crippen LogP contribution in [0.25, 0.3) is 0 Å². The van der Waals surface area contributed by atoms with Gasteiger partial charge in [0.1, 0.15) is 0 Å². The average molecular weight is 275 g/mol. The molecule has 1 atom stereocenters. The van der Waals surface area contributed by atoms with Gasteiger partial charge in [0, 0.05) is 6.04 Å². The number of carboxylic acids is 1. The first-order chi connectivity index (χ1) is 9.65. The number of aliphatic carboxylic acids is 1. The molecule has 1 saturated heterocycles. The summed E-state index contributed by atoms with van der Waals surface area (Å²) >= 11 is 0. The SMILES string of the molecule is Cc1ccc(CC(CC(=O)O)N2CCCCCC2)cc1. The molecule has 0 aliphatic carbocycles. The van der Waals surface area contributed by atoms with E-state index in [0.29, 0.717) is 0 Å². The predicted molar refractivity (Wildman–Crippen MR) is 81.0 cm³/mol. The van der Waals surface area contributed by atoms with Gasteiger partial charge in [0.15, 0.2) is 0 Å². The lowest BCUT2D eigenvalue weighted by molar-refractivity contribution is -0.138. The summed E-state index contributed by atoms with van der Waals surface area (Å²) in [7, 11) is 0. The van der Waals surface area contributed by atoms with Crippen LogP contribution in [0.2, 0.25) is 0 Å². The molecule has 0 saturated carbocycles. The zero-order valence-electron chi connectivity index (χ0n) is 12.3. The highest BCUT2D eigenvalue weighted by atomic mass is 16.4. The van der Waals surface area contributed by atoms with Gasteiger partial charge in [0.05, 0.1) is 6.42 Å². The highest BCUT2D eigenvalue weighted by Crippen LogP contribution is 2.18. The topological polar surface area (TPSA) is 40.5 Å². The van der Waals surface area contributed by atoms with E-state index in [1.165, 1.54) is 36.8 Å². The van der Waals surface area contributed by atoms with Crippen LogP contribution in [0.15, 0.2) is 24.3 Å². The predicted octanol–water partition coefficient (Wildman–Crippen LogP) is 3.26. The van der Waals surface area contributed by atoms with Gasteiger partial charge in [0.2, 0.25) is 0 Å². The van der Waals surface area contributed by atoms with Crippen molar-refractivity contribution in [2.24, 2.45) is 0 Å². The minimum atomic E-state index is -0.689. The zero-order valence-corrected chi connectivity index (χ0v) is 12.3. The maximum atomic E-state index is 11.2. The van der Waals surface area contributed by atoms with Crippen LogP contribution in [0.4, 0.5) is 0 Å². The molecule has 0 bridgehead atoms. The summed E-state index contributed by atoms with van der Waals surface area (Å²) in [5, 5.41) is 9.18. The van der Waals surface area contributed by atoms with Crippen molar-refractivity contribution in [1.29, 1.82) is 0 Å². The fraction of sp³-hybridized carbons (Fsp3) is 0.588. The van der Waals surface area contributed by atoms with E-state index in [1.807, 2.05) is 0 Å². The molecule has 1 aliphatic rings. The summed E-state index contributed by atoms with van der Waals surface area (Å²) in [6, 6.07) is 8.60. The maximum Gasteiger partial charge on any atom is 0.304 e. The average Bonchev–Trinajstić information content (AvgIpc) is 2.69. The van der Waals surface area contributed by atoms with E-state index in [4.69, 9.17) is 0 Å². The van der Waals surface area contributed by atoms with Gasteiger partial charge in [-0.25, -0.2) is 0 Å². The van der Waals surface area contributed by atoms with E-state index in [1.54, 1.807) is 0 Å². The molecule has 3 heteroatoms. The monoisotopic (exact) mass is 275 g/mol. The molecule has 1 aromatic carbocycles. The lowest BCUT2D eigenvalue weighted by Crippen LogP contribution is -2.39. The number of hydrogen-bond donors (Lipinski definition) is 1. The van der Waals surface area contributed by atoms with Crippen molar-refractivity contribution in [3.05, 3.63) is 35.4 Å². The molecule has 20 heavy (non-hydrogen) atoms. The molecule has 1 N–H and O–H groups in total. The van der Waals surface area contributed by atoms with E-state index in [9.17, 15) is 9.90 Å². The number of benzene rings is 1. The van der Waals surface area contributed by atoms with Crippen LogP contribution in [0.5, 0.6) is 0 Å². The Morgan fingerprint density at radius 2 is 1.75 bits per heavy atom. The Kier molecular flexibility index (Phi) is 5.60. The van der Waals surface area contributed by atoms with Crippen LogP contribution in [-0.4, -0.2) is 35.1 Å². The lowest BCUT2D eigenvalue weighted by atomic mass is 10.0. The molecular weight excluding hydrogens is 250 g/mol. The van der Waals surface area contributed by atoms with Gasteiger partial charge in [-0.3, -0.25) is 9.69 Å². The van der Waals surface area contributed by atoms with Gasteiger partial charge in [-0.2, -0.15) is 0 Å². The number of aryl methyl sites for hydroxylation is 1. The molecule has 110 valence electrons. The van der Waals surface area contributed by atoms with Crippen molar-refractivity contribution in [3.8, 4) is 0 Å². The Balaban J connectivity index is 2.05. The van der Waals surface area contributed by atoms with E-state index in [-0.39, 0.29) is 12.5 Å². The smallest absolute Gasteiger partial charge is 0.304 e. The Bertz CT molecular complexity index is 419. The second kappa shape index (κ2) is 7.44. The van der Waals surface area contributed by atoms with Crippen molar-refractivity contribution in [2.45, 2.75) is 51.5 Å². The van der Waals surface area contributed by atoms with Crippen molar-refractivity contribution < 1.29 is 9.90 Å². The first-order valence-corrected chi connectivity index (χ1v) is 7.66. The number of carbonyl (C=O) groups is 1. The Morgan fingerprint density at radius 1 is 1.15 bits per heavy atom. The van der Waals surface area contributed by atoms with Gasteiger partial charge in [-0.05, 0) is 44.8 Å². The fourth-order valence-corrected chi connectivity index (χ4v) is 2.99. The first-order valence-electron chi connectivity index (χ1n) is 7.66. The Hall–Kier alpha value is -1.35. The summed E-state index contributed by atoms with van der Waals surface area (Å²) in [5.74, 6) is -0.689. The minimum Gasteiger partial charge on any atom is -0.481 e.